The molecular weight excluding hydrogens is 310 g/mol. The lowest BCUT2D eigenvalue weighted by Crippen LogP contribution is -2.36. The fourth-order valence-corrected chi connectivity index (χ4v) is 3.59. The first-order valence-corrected chi connectivity index (χ1v) is 8.73. The van der Waals surface area contributed by atoms with Crippen LogP contribution >= 0.6 is 0 Å². The molecule has 1 aromatic heterocycles. The Labute approximate surface area is 148 Å². The van der Waals surface area contributed by atoms with E-state index in [9.17, 15) is 0 Å². The first-order valence-electron chi connectivity index (χ1n) is 8.73. The maximum Gasteiger partial charge on any atom is 0.132 e. The number of nitrogen functional groups attached to an aromatic ring is 1. The third kappa shape index (κ3) is 2.94. The number of rotatable bonds is 2. The van der Waals surface area contributed by atoms with Gasteiger partial charge >= 0.3 is 0 Å². The predicted molar refractivity (Wildman–Crippen MR) is 104 cm³/mol. The number of aryl methyl sites for hydroxylation is 2. The normalized spacial score (nSPS) is 14.9. The Bertz CT molecular complexity index is 913. The second-order valence-electron chi connectivity index (χ2n) is 6.66. The third-order valence-electron chi connectivity index (χ3n) is 4.96. The number of hydrogen-bond acceptors (Lipinski definition) is 4. The summed E-state index contributed by atoms with van der Waals surface area (Å²) in [5.74, 6) is 0.591. The average molecular weight is 333 g/mol. The summed E-state index contributed by atoms with van der Waals surface area (Å²) in [5.41, 5.74) is 13.0. The average Bonchev–Trinajstić information content (AvgIpc) is 2.64. The predicted octanol–water partition coefficient (Wildman–Crippen LogP) is 3.94. The molecule has 1 aliphatic rings. The van der Waals surface area contributed by atoms with Gasteiger partial charge in [-0.2, -0.15) is 0 Å². The number of fused-ring (bicyclic) bond motifs is 1. The van der Waals surface area contributed by atoms with E-state index in [1.807, 2.05) is 6.07 Å². The van der Waals surface area contributed by atoms with Gasteiger partial charge in [-0.1, -0.05) is 23.8 Å². The summed E-state index contributed by atoms with van der Waals surface area (Å²) in [7, 11) is 0. The number of aromatic nitrogens is 1. The van der Waals surface area contributed by atoms with Crippen LogP contribution < -0.4 is 10.6 Å². The summed E-state index contributed by atoms with van der Waals surface area (Å²) >= 11 is 0. The topological polar surface area (TPSA) is 51.4 Å². The van der Waals surface area contributed by atoms with Crippen molar-refractivity contribution in [2.45, 2.75) is 13.8 Å². The Hall–Kier alpha value is -2.59. The van der Waals surface area contributed by atoms with E-state index in [0.29, 0.717) is 5.82 Å². The van der Waals surface area contributed by atoms with E-state index in [-0.39, 0.29) is 0 Å². The number of pyridine rings is 1. The molecule has 25 heavy (non-hydrogen) atoms. The van der Waals surface area contributed by atoms with Gasteiger partial charge in [0.1, 0.15) is 5.82 Å². The van der Waals surface area contributed by atoms with Crippen LogP contribution in [0.1, 0.15) is 11.1 Å². The Morgan fingerprint density at radius 3 is 2.44 bits per heavy atom. The zero-order chi connectivity index (χ0) is 17.4. The molecule has 1 fully saturated rings. The van der Waals surface area contributed by atoms with Crippen LogP contribution in [0, 0.1) is 13.8 Å². The number of hydrogen-bond donors (Lipinski definition) is 1. The molecule has 4 heteroatoms. The zero-order valence-electron chi connectivity index (χ0n) is 14.7. The van der Waals surface area contributed by atoms with E-state index in [0.717, 1.165) is 42.9 Å². The van der Waals surface area contributed by atoms with E-state index < -0.39 is 0 Å². The van der Waals surface area contributed by atoms with Gasteiger partial charge in [-0.05, 0) is 49.2 Å². The molecule has 0 spiro atoms. The van der Waals surface area contributed by atoms with Gasteiger partial charge in [-0.15, -0.1) is 0 Å². The monoisotopic (exact) mass is 333 g/mol. The summed E-state index contributed by atoms with van der Waals surface area (Å²) in [6.45, 7) is 7.70. The Morgan fingerprint density at radius 1 is 1.00 bits per heavy atom. The molecule has 1 aliphatic heterocycles. The van der Waals surface area contributed by atoms with Crippen LogP contribution in [0.3, 0.4) is 0 Å². The highest BCUT2D eigenvalue weighted by Crippen LogP contribution is 2.34. The summed E-state index contributed by atoms with van der Waals surface area (Å²) < 4.78 is 5.43. The van der Waals surface area contributed by atoms with Crippen molar-refractivity contribution in [1.29, 1.82) is 0 Å². The molecule has 3 aromatic rings. The van der Waals surface area contributed by atoms with Crippen molar-refractivity contribution < 1.29 is 4.74 Å². The molecule has 0 unspecified atom stereocenters. The molecule has 0 radical (unpaired) electrons. The van der Waals surface area contributed by atoms with E-state index in [4.69, 9.17) is 10.5 Å². The Balaban J connectivity index is 1.76. The highest BCUT2D eigenvalue weighted by molar-refractivity contribution is 5.93. The molecule has 4 nitrogen and oxygen atoms in total. The first-order chi connectivity index (χ1) is 12.1. The second-order valence-corrected chi connectivity index (χ2v) is 6.66. The van der Waals surface area contributed by atoms with Crippen molar-refractivity contribution in [1.82, 2.24) is 4.98 Å². The molecule has 2 aromatic carbocycles. The molecule has 0 bridgehead atoms. The lowest BCUT2D eigenvalue weighted by atomic mass is 9.96. The summed E-state index contributed by atoms with van der Waals surface area (Å²) in [6, 6.07) is 14.9. The van der Waals surface area contributed by atoms with Gasteiger partial charge in [0.15, 0.2) is 0 Å². The quantitative estimate of drug-likeness (QED) is 0.772. The Morgan fingerprint density at radius 2 is 1.72 bits per heavy atom. The van der Waals surface area contributed by atoms with E-state index >= 15 is 0 Å². The van der Waals surface area contributed by atoms with Gasteiger partial charge in [-0.3, -0.25) is 0 Å². The van der Waals surface area contributed by atoms with Crippen LogP contribution in [-0.4, -0.2) is 31.3 Å². The molecule has 0 amide bonds. The van der Waals surface area contributed by atoms with Crippen molar-refractivity contribution in [3.8, 4) is 11.1 Å². The molecule has 4 rings (SSSR count). The smallest absolute Gasteiger partial charge is 0.132 e. The van der Waals surface area contributed by atoms with Gasteiger partial charge in [0.05, 0.1) is 18.7 Å². The number of anilines is 2. The fraction of sp³-hybridized carbons (Fsp3) is 0.286. The fourth-order valence-electron chi connectivity index (χ4n) is 3.59. The van der Waals surface area contributed by atoms with E-state index in [2.05, 4.69) is 60.1 Å². The van der Waals surface area contributed by atoms with Crippen molar-refractivity contribution >= 4 is 22.4 Å². The first kappa shape index (κ1) is 15.9. The summed E-state index contributed by atoms with van der Waals surface area (Å²) in [4.78, 5) is 6.97. The van der Waals surface area contributed by atoms with Crippen LogP contribution in [0.15, 0.2) is 42.5 Å². The molecule has 0 saturated carbocycles. The van der Waals surface area contributed by atoms with Crippen LogP contribution in [0.4, 0.5) is 11.5 Å². The van der Waals surface area contributed by atoms with Crippen LogP contribution in [-0.2, 0) is 4.74 Å². The van der Waals surface area contributed by atoms with Crippen LogP contribution in [0.25, 0.3) is 22.0 Å². The SMILES string of the molecule is Cc1ccc2nc(N)c(-c3ccc(N4CCOCC4)cc3)c(C)c2c1. The highest BCUT2D eigenvalue weighted by Gasteiger charge is 2.14. The van der Waals surface area contributed by atoms with E-state index in [1.54, 1.807) is 0 Å². The van der Waals surface area contributed by atoms with Gasteiger partial charge < -0.3 is 15.4 Å². The summed E-state index contributed by atoms with van der Waals surface area (Å²) in [6.07, 6.45) is 0. The molecule has 2 N–H and O–H groups in total. The van der Waals surface area contributed by atoms with Crippen molar-refractivity contribution in [2.24, 2.45) is 0 Å². The van der Waals surface area contributed by atoms with E-state index in [1.165, 1.54) is 22.2 Å². The minimum absolute atomic E-state index is 0.591. The highest BCUT2D eigenvalue weighted by atomic mass is 16.5. The van der Waals surface area contributed by atoms with Crippen molar-refractivity contribution in [2.75, 3.05) is 36.9 Å². The lowest BCUT2D eigenvalue weighted by molar-refractivity contribution is 0.122. The largest absolute Gasteiger partial charge is 0.383 e. The number of nitrogens with zero attached hydrogens (tertiary/aromatic N) is 2. The summed E-state index contributed by atoms with van der Waals surface area (Å²) in [5, 5.41) is 1.17. The lowest BCUT2D eigenvalue weighted by Gasteiger charge is -2.29. The van der Waals surface area contributed by atoms with Gasteiger partial charge in [-0.25, -0.2) is 4.98 Å². The van der Waals surface area contributed by atoms with Crippen molar-refractivity contribution in [3.63, 3.8) is 0 Å². The van der Waals surface area contributed by atoms with Gasteiger partial charge in [0.2, 0.25) is 0 Å². The number of ether oxygens (including phenoxy) is 1. The molecule has 0 atom stereocenters. The van der Waals surface area contributed by atoms with Gasteiger partial charge in [0.25, 0.3) is 0 Å². The molecule has 1 saturated heterocycles. The number of morpholine rings is 1. The van der Waals surface area contributed by atoms with Crippen LogP contribution in [0.5, 0.6) is 0 Å². The van der Waals surface area contributed by atoms with Gasteiger partial charge in [0, 0.05) is 29.7 Å². The minimum Gasteiger partial charge on any atom is -0.383 e. The molecule has 2 heterocycles. The van der Waals surface area contributed by atoms with Crippen LogP contribution in [0.2, 0.25) is 0 Å². The molecule has 0 aliphatic carbocycles. The minimum atomic E-state index is 0.591. The molecule has 128 valence electrons. The Kier molecular flexibility index (Phi) is 4.06. The molecular formula is C21H23N3O. The maximum atomic E-state index is 6.30. The maximum absolute atomic E-state index is 6.30. The second kappa shape index (κ2) is 6.37. The zero-order valence-corrected chi connectivity index (χ0v) is 14.7. The third-order valence-corrected chi connectivity index (χ3v) is 4.96. The van der Waals surface area contributed by atoms with Crippen molar-refractivity contribution in [3.05, 3.63) is 53.6 Å². The standard InChI is InChI=1S/C21H23N3O/c1-14-3-8-19-18(13-14)15(2)20(21(22)23-19)16-4-6-17(7-5-16)24-9-11-25-12-10-24/h3-8,13H,9-12H2,1-2H3,(H2,22,23). The number of nitrogens with two attached hydrogens (primary N) is 1. The number of benzene rings is 2.